The summed E-state index contributed by atoms with van der Waals surface area (Å²) in [7, 11) is 3.09. The Labute approximate surface area is 132 Å². The van der Waals surface area contributed by atoms with E-state index in [2.05, 4.69) is 15.5 Å². The van der Waals surface area contributed by atoms with Gasteiger partial charge in [0.1, 0.15) is 17.3 Å². The summed E-state index contributed by atoms with van der Waals surface area (Å²) in [4.78, 5) is 12.0. The molecule has 0 saturated heterocycles. The van der Waals surface area contributed by atoms with Crippen LogP contribution in [-0.2, 0) is 4.79 Å². The summed E-state index contributed by atoms with van der Waals surface area (Å²) in [6, 6.07) is 5.17. The van der Waals surface area contributed by atoms with E-state index in [1.54, 1.807) is 32.2 Å². The fourth-order valence-electron chi connectivity index (χ4n) is 1.68. The number of ether oxygens (including phenoxy) is 2. The number of aryl methyl sites for hydroxylation is 1. The number of amides is 1. The Morgan fingerprint density at radius 3 is 2.73 bits per heavy atom. The Kier molecular flexibility index (Phi) is 5.10. The van der Waals surface area contributed by atoms with E-state index < -0.39 is 0 Å². The summed E-state index contributed by atoms with van der Waals surface area (Å²) in [5.74, 6) is 7.42. The lowest BCUT2D eigenvalue weighted by molar-refractivity contribution is -0.113. The van der Waals surface area contributed by atoms with Crippen molar-refractivity contribution in [3.8, 4) is 11.5 Å². The van der Waals surface area contributed by atoms with Gasteiger partial charge in [-0.1, -0.05) is 11.8 Å². The van der Waals surface area contributed by atoms with Gasteiger partial charge >= 0.3 is 0 Å². The fraction of sp³-hybridized carbons (Fsp3) is 0.308. The van der Waals surface area contributed by atoms with E-state index in [1.807, 2.05) is 0 Å². The highest BCUT2D eigenvalue weighted by atomic mass is 32.2. The van der Waals surface area contributed by atoms with Crippen molar-refractivity contribution in [2.45, 2.75) is 12.1 Å². The van der Waals surface area contributed by atoms with Crippen molar-refractivity contribution < 1.29 is 14.3 Å². The molecule has 0 atom stereocenters. The summed E-state index contributed by atoms with van der Waals surface area (Å²) >= 11 is 1.20. The van der Waals surface area contributed by atoms with Crippen LogP contribution in [0.5, 0.6) is 11.5 Å². The Balaban J connectivity index is 2.01. The van der Waals surface area contributed by atoms with Crippen LogP contribution in [0.2, 0.25) is 0 Å². The van der Waals surface area contributed by atoms with Gasteiger partial charge < -0.3 is 20.6 Å². The average molecular weight is 323 g/mol. The number of aromatic nitrogens is 3. The second kappa shape index (κ2) is 7.03. The molecule has 0 aliphatic heterocycles. The number of rotatable bonds is 6. The van der Waals surface area contributed by atoms with E-state index in [9.17, 15) is 4.79 Å². The van der Waals surface area contributed by atoms with Gasteiger partial charge in [0.25, 0.3) is 0 Å². The Morgan fingerprint density at radius 2 is 2.14 bits per heavy atom. The van der Waals surface area contributed by atoms with Crippen molar-refractivity contribution in [1.82, 2.24) is 14.9 Å². The van der Waals surface area contributed by atoms with Crippen LogP contribution in [0.1, 0.15) is 5.82 Å². The van der Waals surface area contributed by atoms with Gasteiger partial charge in [-0.15, -0.1) is 10.2 Å². The van der Waals surface area contributed by atoms with E-state index in [-0.39, 0.29) is 11.7 Å². The summed E-state index contributed by atoms with van der Waals surface area (Å²) in [6.45, 7) is 1.73. The van der Waals surface area contributed by atoms with Crippen molar-refractivity contribution in [3.63, 3.8) is 0 Å². The fourth-order valence-corrected chi connectivity index (χ4v) is 2.38. The van der Waals surface area contributed by atoms with Crippen LogP contribution in [0.4, 0.5) is 5.69 Å². The zero-order valence-corrected chi connectivity index (χ0v) is 13.3. The number of thioether (sulfide) groups is 1. The molecule has 118 valence electrons. The second-order valence-corrected chi connectivity index (χ2v) is 5.25. The topological polar surface area (TPSA) is 104 Å². The lowest BCUT2D eigenvalue weighted by Crippen LogP contribution is -2.17. The number of nitrogens with two attached hydrogens (primary N) is 1. The minimum atomic E-state index is -0.211. The Hall–Kier alpha value is -2.42. The molecule has 1 aromatic heterocycles. The van der Waals surface area contributed by atoms with Gasteiger partial charge in [0.05, 0.1) is 25.7 Å². The molecule has 0 fully saturated rings. The van der Waals surface area contributed by atoms with Crippen molar-refractivity contribution >= 4 is 23.4 Å². The van der Waals surface area contributed by atoms with E-state index >= 15 is 0 Å². The monoisotopic (exact) mass is 323 g/mol. The lowest BCUT2D eigenvalue weighted by Gasteiger charge is -2.11. The molecule has 1 heterocycles. The van der Waals surface area contributed by atoms with Gasteiger partial charge in [-0.05, 0) is 19.1 Å². The molecule has 2 aromatic rings. The van der Waals surface area contributed by atoms with Crippen LogP contribution >= 0.6 is 11.8 Å². The number of carbonyl (C=O) groups is 1. The summed E-state index contributed by atoms with van der Waals surface area (Å²) in [5, 5.41) is 11.0. The molecular formula is C13H17N5O3S. The van der Waals surface area contributed by atoms with E-state index in [1.165, 1.54) is 23.5 Å². The predicted molar refractivity (Wildman–Crippen MR) is 83.8 cm³/mol. The van der Waals surface area contributed by atoms with Crippen LogP contribution in [0.3, 0.4) is 0 Å². The molecule has 0 unspecified atom stereocenters. The summed E-state index contributed by atoms with van der Waals surface area (Å²) < 4.78 is 11.7. The lowest BCUT2D eigenvalue weighted by atomic mass is 10.2. The molecule has 1 amide bonds. The van der Waals surface area contributed by atoms with Crippen LogP contribution in [0.15, 0.2) is 23.4 Å². The van der Waals surface area contributed by atoms with Gasteiger partial charge in [0.15, 0.2) is 0 Å². The van der Waals surface area contributed by atoms with Gasteiger partial charge in [0, 0.05) is 6.07 Å². The Bertz CT molecular complexity index is 674. The first-order chi connectivity index (χ1) is 10.5. The molecule has 1 aromatic carbocycles. The molecule has 0 saturated carbocycles. The first kappa shape index (κ1) is 16.0. The number of benzene rings is 1. The van der Waals surface area contributed by atoms with Crippen molar-refractivity contribution in [3.05, 3.63) is 24.0 Å². The van der Waals surface area contributed by atoms with Crippen molar-refractivity contribution in [1.29, 1.82) is 0 Å². The number of hydrogen-bond donors (Lipinski definition) is 2. The molecular weight excluding hydrogens is 306 g/mol. The highest BCUT2D eigenvalue weighted by molar-refractivity contribution is 7.99. The minimum absolute atomic E-state index is 0.149. The maximum absolute atomic E-state index is 12.0. The first-order valence-corrected chi connectivity index (χ1v) is 7.35. The molecule has 3 N–H and O–H groups in total. The van der Waals surface area contributed by atoms with Crippen LogP contribution in [0, 0.1) is 6.92 Å². The molecule has 8 nitrogen and oxygen atoms in total. The third-order valence-corrected chi connectivity index (χ3v) is 3.79. The zero-order chi connectivity index (χ0) is 16.1. The van der Waals surface area contributed by atoms with Gasteiger partial charge in [0.2, 0.25) is 11.1 Å². The maximum atomic E-state index is 12.0. The summed E-state index contributed by atoms with van der Waals surface area (Å²) in [6.07, 6.45) is 0. The quantitative estimate of drug-likeness (QED) is 0.604. The first-order valence-electron chi connectivity index (χ1n) is 6.37. The third-order valence-electron chi connectivity index (χ3n) is 2.85. The average Bonchev–Trinajstić information content (AvgIpc) is 2.84. The molecule has 2 rings (SSSR count). The number of nitrogens with zero attached hydrogens (tertiary/aromatic N) is 3. The SMILES string of the molecule is COc1ccc(OC)c(NC(=O)CSc2nnc(C)n2N)c1. The third kappa shape index (κ3) is 3.61. The van der Waals surface area contributed by atoms with E-state index in [0.29, 0.717) is 28.2 Å². The number of nitrogen functional groups attached to an aromatic ring is 1. The van der Waals surface area contributed by atoms with Crippen LogP contribution < -0.4 is 20.6 Å². The van der Waals surface area contributed by atoms with Gasteiger partial charge in [-0.2, -0.15) is 0 Å². The van der Waals surface area contributed by atoms with E-state index in [0.717, 1.165) is 0 Å². The van der Waals surface area contributed by atoms with Crippen LogP contribution in [0.25, 0.3) is 0 Å². The highest BCUT2D eigenvalue weighted by Gasteiger charge is 2.12. The van der Waals surface area contributed by atoms with E-state index in [4.69, 9.17) is 15.3 Å². The largest absolute Gasteiger partial charge is 0.497 e. The standard InChI is InChI=1S/C13H17N5O3S/c1-8-16-17-13(18(8)14)22-7-12(19)15-10-6-9(20-2)4-5-11(10)21-3/h4-6H,7,14H2,1-3H3,(H,15,19). The molecule has 0 spiro atoms. The molecule has 0 radical (unpaired) electrons. The summed E-state index contributed by atoms with van der Waals surface area (Å²) in [5.41, 5.74) is 0.540. The number of nitrogens with one attached hydrogen (secondary N) is 1. The number of anilines is 1. The highest BCUT2D eigenvalue weighted by Crippen LogP contribution is 2.29. The minimum Gasteiger partial charge on any atom is -0.497 e. The Morgan fingerprint density at radius 1 is 1.36 bits per heavy atom. The molecule has 9 heteroatoms. The van der Waals surface area contributed by atoms with Crippen LogP contribution in [-0.4, -0.2) is 40.8 Å². The van der Waals surface area contributed by atoms with Crippen molar-refractivity contribution in [2.75, 3.05) is 31.1 Å². The molecule has 22 heavy (non-hydrogen) atoms. The van der Waals surface area contributed by atoms with Gasteiger partial charge in [-0.3, -0.25) is 4.79 Å². The number of methoxy groups -OCH3 is 2. The van der Waals surface area contributed by atoms with Gasteiger partial charge in [-0.25, -0.2) is 4.68 Å². The maximum Gasteiger partial charge on any atom is 0.234 e. The number of hydrogen-bond acceptors (Lipinski definition) is 7. The predicted octanol–water partition coefficient (Wildman–Crippen LogP) is 1.05. The normalized spacial score (nSPS) is 10.3. The zero-order valence-electron chi connectivity index (χ0n) is 12.5. The second-order valence-electron chi connectivity index (χ2n) is 4.30. The molecule has 0 aliphatic carbocycles. The number of carbonyl (C=O) groups excluding carboxylic acids is 1. The van der Waals surface area contributed by atoms with Crippen molar-refractivity contribution in [2.24, 2.45) is 0 Å². The molecule has 0 bridgehead atoms. The molecule has 0 aliphatic rings. The smallest absolute Gasteiger partial charge is 0.234 e.